The molecule has 0 bridgehead atoms. The van der Waals surface area contributed by atoms with Gasteiger partial charge in [-0.05, 0) is 29.8 Å². The molecule has 2 aromatic carbocycles. The molecule has 31 heavy (non-hydrogen) atoms. The molecule has 0 aliphatic carbocycles. The van der Waals surface area contributed by atoms with Crippen LogP contribution in [0.2, 0.25) is 5.02 Å². The number of nitrogens with one attached hydrogen (secondary N) is 1. The molecule has 2 aromatic rings. The summed E-state index contributed by atoms with van der Waals surface area (Å²) in [4.78, 5) is 26.7. The molecule has 11 heteroatoms. The molecule has 0 unspecified atom stereocenters. The van der Waals surface area contributed by atoms with E-state index in [1.54, 1.807) is 0 Å². The SMILES string of the molecule is CN1C[C@H](c2ccc(C(F)(F)F)cc2)[C@@H](C(=O)Nc2cccc(Cl)c2S(C)(=O)=O)C1=O. The standard InChI is InChI=1S/C20H18ClF3N2O4S/c1-26-10-13(11-6-8-12(9-7-11)20(22,23)24)16(19(26)28)18(27)25-15-5-3-4-14(21)17(15)31(2,29)30/h3-9,13,16H,10H2,1-2H3,(H,25,27)/t13-,16+/m1/s1. The van der Waals surface area contributed by atoms with E-state index in [2.05, 4.69) is 5.32 Å². The minimum atomic E-state index is -4.51. The van der Waals surface area contributed by atoms with Gasteiger partial charge in [-0.15, -0.1) is 0 Å². The van der Waals surface area contributed by atoms with E-state index in [9.17, 15) is 31.2 Å². The Balaban J connectivity index is 1.94. The summed E-state index contributed by atoms with van der Waals surface area (Å²) in [6.07, 6.45) is -3.57. The second-order valence-corrected chi connectivity index (χ2v) is 9.66. The summed E-state index contributed by atoms with van der Waals surface area (Å²) in [6.45, 7) is 0.122. The van der Waals surface area contributed by atoms with Crippen LogP contribution in [0.3, 0.4) is 0 Å². The Bertz CT molecular complexity index is 1130. The van der Waals surface area contributed by atoms with E-state index in [-0.39, 0.29) is 22.2 Å². The number of hydrogen-bond acceptors (Lipinski definition) is 4. The smallest absolute Gasteiger partial charge is 0.344 e. The van der Waals surface area contributed by atoms with Gasteiger partial charge in [0.2, 0.25) is 11.8 Å². The fourth-order valence-corrected chi connectivity index (χ4v) is 5.14. The van der Waals surface area contributed by atoms with Crippen molar-refractivity contribution < 1.29 is 31.2 Å². The van der Waals surface area contributed by atoms with Crippen molar-refractivity contribution in [1.82, 2.24) is 4.90 Å². The molecule has 1 aliphatic rings. The highest BCUT2D eigenvalue weighted by molar-refractivity contribution is 7.91. The van der Waals surface area contributed by atoms with Gasteiger partial charge < -0.3 is 10.2 Å². The van der Waals surface area contributed by atoms with Gasteiger partial charge in [0.15, 0.2) is 9.84 Å². The van der Waals surface area contributed by atoms with Crippen LogP contribution < -0.4 is 5.32 Å². The molecule has 1 fully saturated rings. The first kappa shape index (κ1) is 23.1. The number of carbonyl (C=O) groups excluding carboxylic acids is 2. The number of nitrogens with zero attached hydrogens (tertiary/aromatic N) is 1. The molecule has 3 rings (SSSR count). The van der Waals surface area contributed by atoms with E-state index in [1.165, 1.54) is 42.3 Å². The molecule has 0 aromatic heterocycles. The van der Waals surface area contributed by atoms with E-state index in [4.69, 9.17) is 11.6 Å². The third kappa shape index (κ3) is 4.69. The highest BCUT2D eigenvalue weighted by atomic mass is 35.5. The second-order valence-electron chi connectivity index (χ2n) is 7.30. The van der Waals surface area contributed by atoms with E-state index >= 15 is 0 Å². The van der Waals surface area contributed by atoms with Crippen molar-refractivity contribution in [3.05, 3.63) is 58.6 Å². The Kier molecular flexibility index (Phi) is 6.07. The molecule has 0 spiro atoms. The predicted molar refractivity (Wildman–Crippen MR) is 109 cm³/mol. The number of amides is 2. The topological polar surface area (TPSA) is 83.6 Å². The fraction of sp³-hybridized carbons (Fsp3) is 0.300. The van der Waals surface area contributed by atoms with E-state index < -0.39 is 45.2 Å². The summed E-state index contributed by atoms with van der Waals surface area (Å²) >= 11 is 5.99. The van der Waals surface area contributed by atoms with Gasteiger partial charge in [0.1, 0.15) is 10.8 Å². The number of carbonyl (C=O) groups is 2. The first-order valence-corrected chi connectivity index (χ1v) is 11.3. The number of sulfone groups is 1. The number of rotatable bonds is 4. The minimum absolute atomic E-state index is 0.0754. The summed E-state index contributed by atoms with van der Waals surface area (Å²) in [7, 11) is -2.31. The molecular formula is C20H18ClF3N2O4S. The number of hydrogen-bond donors (Lipinski definition) is 1. The van der Waals surface area contributed by atoms with Crippen LogP contribution in [0.4, 0.5) is 18.9 Å². The van der Waals surface area contributed by atoms with Gasteiger partial charge in [-0.1, -0.05) is 29.8 Å². The van der Waals surface area contributed by atoms with Crippen LogP contribution in [0, 0.1) is 5.92 Å². The average Bonchev–Trinajstić information content (AvgIpc) is 2.95. The van der Waals surface area contributed by atoms with Gasteiger partial charge >= 0.3 is 6.18 Å². The molecule has 1 N–H and O–H groups in total. The fourth-order valence-electron chi connectivity index (χ4n) is 3.61. The molecule has 0 radical (unpaired) electrons. The van der Waals surface area contributed by atoms with Crippen LogP contribution in [0.5, 0.6) is 0 Å². The summed E-state index contributed by atoms with van der Waals surface area (Å²) in [6, 6.07) is 8.41. The Hall–Kier alpha value is -2.59. The van der Waals surface area contributed by atoms with Crippen molar-refractivity contribution >= 4 is 38.9 Å². The zero-order valence-electron chi connectivity index (χ0n) is 16.4. The summed E-state index contributed by atoms with van der Waals surface area (Å²) < 4.78 is 62.7. The van der Waals surface area contributed by atoms with Crippen LogP contribution in [0.15, 0.2) is 47.4 Å². The molecule has 166 valence electrons. The molecule has 1 aliphatic heterocycles. The van der Waals surface area contributed by atoms with Gasteiger partial charge in [-0.25, -0.2) is 8.42 Å². The lowest BCUT2D eigenvalue weighted by atomic mass is 9.87. The quantitative estimate of drug-likeness (QED) is 0.687. The van der Waals surface area contributed by atoms with Gasteiger partial charge in [0, 0.05) is 25.8 Å². The number of alkyl halides is 3. The van der Waals surface area contributed by atoms with Crippen molar-refractivity contribution in [3.8, 4) is 0 Å². The number of benzene rings is 2. The zero-order chi connectivity index (χ0) is 23.1. The van der Waals surface area contributed by atoms with Gasteiger partial charge in [-0.3, -0.25) is 9.59 Å². The third-order valence-electron chi connectivity index (χ3n) is 5.06. The Morgan fingerprint density at radius 3 is 2.32 bits per heavy atom. The molecule has 0 saturated carbocycles. The maximum atomic E-state index is 13.0. The molecule has 2 amide bonds. The molecule has 1 heterocycles. The number of likely N-dealkylation sites (tertiary alicyclic amines) is 1. The van der Waals surface area contributed by atoms with Crippen molar-refractivity contribution in [1.29, 1.82) is 0 Å². The third-order valence-corrected chi connectivity index (χ3v) is 6.67. The van der Waals surface area contributed by atoms with Crippen molar-refractivity contribution in [3.63, 3.8) is 0 Å². The Labute approximate surface area is 181 Å². The monoisotopic (exact) mass is 474 g/mol. The Morgan fingerprint density at radius 1 is 1.16 bits per heavy atom. The van der Waals surface area contributed by atoms with Crippen molar-refractivity contribution in [2.45, 2.75) is 17.0 Å². The van der Waals surface area contributed by atoms with Crippen molar-refractivity contribution in [2.24, 2.45) is 5.92 Å². The van der Waals surface area contributed by atoms with Crippen LogP contribution in [-0.4, -0.2) is 45.0 Å². The highest BCUT2D eigenvalue weighted by Gasteiger charge is 2.44. The zero-order valence-corrected chi connectivity index (χ0v) is 18.0. The largest absolute Gasteiger partial charge is 0.416 e. The normalized spacial score (nSPS) is 19.5. The summed E-state index contributed by atoms with van der Waals surface area (Å²) in [5, 5.41) is 2.37. The Morgan fingerprint density at radius 2 is 1.77 bits per heavy atom. The first-order valence-electron chi connectivity index (χ1n) is 9.02. The second kappa shape index (κ2) is 8.16. The lowest BCUT2D eigenvalue weighted by Crippen LogP contribution is -2.33. The lowest BCUT2D eigenvalue weighted by molar-refractivity contribution is -0.138. The number of anilines is 1. The van der Waals surface area contributed by atoms with Crippen LogP contribution in [-0.2, 0) is 25.6 Å². The van der Waals surface area contributed by atoms with Crippen molar-refractivity contribution in [2.75, 3.05) is 25.2 Å². The summed E-state index contributed by atoms with van der Waals surface area (Å²) in [5.74, 6) is -3.24. The van der Waals surface area contributed by atoms with Gasteiger partial charge in [-0.2, -0.15) is 13.2 Å². The first-order chi connectivity index (χ1) is 14.3. The van der Waals surface area contributed by atoms with Crippen LogP contribution in [0.1, 0.15) is 17.0 Å². The van der Waals surface area contributed by atoms with Crippen LogP contribution in [0.25, 0.3) is 0 Å². The highest BCUT2D eigenvalue weighted by Crippen LogP contribution is 2.37. The summed E-state index contributed by atoms with van der Waals surface area (Å²) in [5.41, 5.74) is -0.527. The lowest BCUT2D eigenvalue weighted by Gasteiger charge is -2.19. The molecular weight excluding hydrogens is 457 g/mol. The number of likely N-dealkylation sites (N-methyl/N-ethyl adjacent to an activating group) is 1. The van der Waals surface area contributed by atoms with Crippen LogP contribution >= 0.6 is 11.6 Å². The van der Waals surface area contributed by atoms with E-state index in [0.29, 0.717) is 5.56 Å². The maximum Gasteiger partial charge on any atom is 0.416 e. The number of halogens is 4. The average molecular weight is 475 g/mol. The van der Waals surface area contributed by atoms with Gasteiger partial charge in [0.05, 0.1) is 16.3 Å². The molecule has 6 nitrogen and oxygen atoms in total. The molecule has 2 atom stereocenters. The van der Waals surface area contributed by atoms with E-state index in [0.717, 1.165) is 18.4 Å². The predicted octanol–water partition coefficient (Wildman–Crippen LogP) is 3.57. The maximum absolute atomic E-state index is 13.0. The minimum Gasteiger partial charge on any atom is -0.344 e. The van der Waals surface area contributed by atoms with Gasteiger partial charge in [0.25, 0.3) is 0 Å². The molecule has 1 saturated heterocycles. The van der Waals surface area contributed by atoms with E-state index in [1.807, 2.05) is 0 Å².